The molecule has 1 aromatic carbocycles. The minimum atomic E-state index is -0.322. The van der Waals surface area contributed by atoms with Crippen molar-refractivity contribution in [1.82, 2.24) is 0 Å². The lowest BCUT2D eigenvalue weighted by atomic mass is 9.88. The molecule has 1 aliphatic rings. The van der Waals surface area contributed by atoms with E-state index in [1.54, 1.807) is 6.92 Å². The number of carbonyl (C=O) groups excluding carboxylic acids is 1. The van der Waals surface area contributed by atoms with E-state index in [1.807, 2.05) is 32.0 Å². The fourth-order valence-corrected chi connectivity index (χ4v) is 2.15. The number of fused-ring (bicyclic) bond motifs is 1. The van der Waals surface area contributed by atoms with Crippen molar-refractivity contribution in [2.24, 2.45) is 5.41 Å². The molecule has 0 bridgehead atoms. The van der Waals surface area contributed by atoms with Gasteiger partial charge in [-0.25, -0.2) is 0 Å². The van der Waals surface area contributed by atoms with E-state index in [1.165, 1.54) is 0 Å². The number of Topliss-reactive ketones (excluding diaryl/α,β-unsaturated/α-hetero) is 1. The van der Waals surface area contributed by atoms with Gasteiger partial charge in [-0.2, -0.15) is 0 Å². The fraction of sp³-hybridized carbons (Fsp3) is 0.533. The fourth-order valence-electron chi connectivity index (χ4n) is 2.15. The van der Waals surface area contributed by atoms with E-state index < -0.39 is 0 Å². The summed E-state index contributed by atoms with van der Waals surface area (Å²) in [4.78, 5) is 13.9. The van der Waals surface area contributed by atoms with Gasteiger partial charge in [-0.3, -0.25) is 4.79 Å². The van der Waals surface area contributed by atoms with E-state index in [-0.39, 0.29) is 11.2 Å². The summed E-state index contributed by atoms with van der Waals surface area (Å²) >= 11 is 0. The Hall–Kier alpha value is -1.51. The first-order chi connectivity index (χ1) is 8.50. The van der Waals surface area contributed by atoms with Crippen LogP contribution >= 0.6 is 0 Å². The number of ether oxygens (including phenoxy) is 1. The number of ketones is 1. The zero-order valence-electron chi connectivity index (χ0n) is 11.4. The molecule has 1 aromatic rings. The summed E-state index contributed by atoms with van der Waals surface area (Å²) in [5.74, 6) is 1.15. The Morgan fingerprint density at radius 3 is 2.83 bits per heavy atom. The molecule has 0 atom stereocenters. The molecule has 98 valence electrons. The molecule has 1 heterocycles. The lowest BCUT2D eigenvalue weighted by Gasteiger charge is -2.32. The van der Waals surface area contributed by atoms with Crippen LogP contribution in [0.5, 0.6) is 5.75 Å². The zero-order valence-corrected chi connectivity index (χ0v) is 11.4. The highest BCUT2D eigenvalue weighted by atomic mass is 16.5. The first kappa shape index (κ1) is 12.9. The maximum absolute atomic E-state index is 11.7. The van der Waals surface area contributed by atoms with Gasteiger partial charge in [0, 0.05) is 18.5 Å². The van der Waals surface area contributed by atoms with Crippen molar-refractivity contribution in [2.75, 3.05) is 24.6 Å². The summed E-state index contributed by atoms with van der Waals surface area (Å²) in [5, 5.41) is 0. The predicted octanol–water partition coefficient (Wildman–Crippen LogP) is 2.89. The molecule has 0 aliphatic carbocycles. The van der Waals surface area contributed by atoms with Crippen LogP contribution in [-0.2, 0) is 4.79 Å². The van der Waals surface area contributed by atoms with Crippen LogP contribution in [0.2, 0.25) is 0 Å². The summed E-state index contributed by atoms with van der Waals surface area (Å²) in [6, 6.07) is 8.06. The van der Waals surface area contributed by atoms with Gasteiger partial charge in [0.25, 0.3) is 0 Å². The summed E-state index contributed by atoms with van der Waals surface area (Å²) in [6.07, 6.45) is 0.989. The van der Waals surface area contributed by atoms with Gasteiger partial charge in [0.15, 0.2) is 0 Å². The largest absolute Gasteiger partial charge is 0.491 e. The highest BCUT2D eigenvalue weighted by molar-refractivity contribution is 5.82. The molecule has 3 nitrogen and oxygen atoms in total. The van der Waals surface area contributed by atoms with Crippen molar-refractivity contribution in [3.05, 3.63) is 24.3 Å². The first-order valence-electron chi connectivity index (χ1n) is 6.48. The Labute approximate surface area is 109 Å². The summed E-state index contributed by atoms with van der Waals surface area (Å²) in [5.41, 5.74) is 0.779. The summed E-state index contributed by atoms with van der Waals surface area (Å²) in [7, 11) is 0. The molecular weight excluding hydrogens is 226 g/mol. The van der Waals surface area contributed by atoms with Gasteiger partial charge in [0.2, 0.25) is 0 Å². The number of rotatable bonds is 3. The van der Waals surface area contributed by atoms with Crippen molar-refractivity contribution in [3.8, 4) is 5.75 Å². The number of hydrogen-bond donors (Lipinski definition) is 0. The lowest BCUT2D eigenvalue weighted by Crippen LogP contribution is -2.38. The Morgan fingerprint density at radius 1 is 1.39 bits per heavy atom. The van der Waals surface area contributed by atoms with Crippen molar-refractivity contribution in [2.45, 2.75) is 27.2 Å². The molecule has 0 fully saturated rings. The average molecular weight is 247 g/mol. The standard InChI is InChI=1S/C15H21NO2/c1-12(17)15(2,3)11-16-9-6-10-18-14-8-5-4-7-13(14)16/h4-5,7-8H,6,9-11H2,1-3H3. The van der Waals surface area contributed by atoms with Crippen LogP contribution in [0.4, 0.5) is 5.69 Å². The SMILES string of the molecule is CC(=O)C(C)(C)CN1CCCOc2ccccc21. The molecule has 2 rings (SSSR count). The molecule has 0 saturated carbocycles. The molecule has 3 heteroatoms. The second-order valence-corrected chi connectivity index (χ2v) is 5.53. The number of nitrogens with zero attached hydrogens (tertiary/aromatic N) is 1. The molecule has 0 amide bonds. The molecule has 0 unspecified atom stereocenters. The molecule has 0 spiro atoms. The Kier molecular flexibility index (Phi) is 3.60. The van der Waals surface area contributed by atoms with Gasteiger partial charge in [-0.15, -0.1) is 0 Å². The van der Waals surface area contributed by atoms with Crippen LogP contribution in [0.3, 0.4) is 0 Å². The number of para-hydroxylation sites is 2. The maximum Gasteiger partial charge on any atom is 0.142 e. The normalized spacial score (nSPS) is 15.6. The van der Waals surface area contributed by atoms with Crippen molar-refractivity contribution >= 4 is 11.5 Å². The van der Waals surface area contributed by atoms with Gasteiger partial charge in [0.1, 0.15) is 11.5 Å². The molecule has 0 saturated heterocycles. The second-order valence-electron chi connectivity index (χ2n) is 5.53. The molecule has 0 aromatic heterocycles. The average Bonchev–Trinajstić information content (AvgIpc) is 2.52. The number of benzene rings is 1. The Bertz CT molecular complexity index is 440. The molecule has 0 radical (unpaired) electrons. The number of carbonyl (C=O) groups is 1. The van der Waals surface area contributed by atoms with E-state index in [2.05, 4.69) is 11.0 Å². The lowest BCUT2D eigenvalue weighted by molar-refractivity contribution is -0.124. The summed E-state index contributed by atoms with van der Waals surface area (Å²) in [6.45, 7) is 8.10. The Morgan fingerprint density at radius 2 is 2.11 bits per heavy atom. The van der Waals surface area contributed by atoms with Crippen molar-refractivity contribution in [3.63, 3.8) is 0 Å². The first-order valence-corrected chi connectivity index (χ1v) is 6.48. The minimum absolute atomic E-state index is 0.227. The predicted molar refractivity (Wildman–Crippen MR) is 73.2 cm³/mol. The number of hydrogen-bond acceptors (Lipinski definition) is 3. The Balaban J connectivity index is 2.26. The van der Waals surface area contributed by atoms with Gasteiger partial charge < -0.3 is 9.64 Å². The van der Waals surface area contributed by atoms with E-state index in [4.69, 9.17) is 4.74 Å². The van der Waals surface area contributed by atoms with Gasteiger partial charge in [-0.05, 0) is 25.5 Å². The third-order valence-electron chi connectivity index (χ3n) is 3.58. The van der Waals surface area contributed by atoms with Crippen LogP contribution in [0.25, 0.3) is 0 Å². The van der Waals surface area contributed by atoms with Crippen LogP contribution in [-0.4, -0.2) is 25.5 Å². The van der Waals surface area contributed by atoms with Crippen LogP contribution in [0, 0.1) is 5.41 Å². The second kappa shape index (κ2) is 5.01. The quantitative estimate of drug-likeness (QED) is 0.822. The highest BCUT2D eigenvalue weighted by Gasteiger charge is 2.28. The molecule has 1 aliphatic heterocycles. The maximum atomic E-state index is 11.7. The number of anilines is 1. The summed E-state index contributed by atoms with van der Waals surface area (Å²) < 4.78 is 5.73. The van der Waals surface area contributed by atoms with Gasteiger partial charge >= 0.3 is 0 Å². The third-order valence-corrected chi connectivity index (χ3v) is 3.58. The van der Waals surface area contributed by atoms with Crippen molar-refractivity contribution in [1.29, 1.82) is 0 Å². The molecule has 18 heavy (non-hydrogen) atoms. The zero-order chi connectivity index (χ0) is 13.2. The van der Waals surface area contributed by atoms with E-state index >= 15 is 0 Å². The van der Waals surface area contributed by atoms with Gasteiger partial charge in [0.05, 0.1) is 12.3 Å². The van der Waals surface area contributed by atoms with Crippen LogP contribution < -0.4 is 9.64 Å². The van der Waals surface area contributed by atoms with Crippen molar-refractivity contribution < 1.29 is 9.53 Å². The topological polar surface area (TPSA) is 29.5 Å². The van der Waals surface area contributed by atoms with E-state index in [0.717, 1.165) is 37.6 Å². The van der Waals surface area contributed by atoms with Crippen LogP contribution in [0.1, 0.15) is 27.2 Å². The minimum Gasteiger partial charge on any atom is -0.491 e. The molecular formula is C15H21NO2. The van der Waals surface area contributed by atoms with E-state index in [0.29, 0.717) is 0 Å². The monoisotopic (exact) mass is 247 g/mol. The van der Waals surface area contributed by atoms with E-state index in [9.17, 15) is 4.79 Å². The highest BCUT2D eigenvalue weighted by Crippen LogP contribution is 2.32. The third kappa shape index (κ3) is 2.66. The van der Waals surface area contributed by atoms with Gasteiger partial charge in [-0.1, -0.05) is 26.0 Å². The van der Waals surface area contributed by atoms with Crippen LogP contribution in [0.15, 0.2) is 24.3 Å². The molecule has 0 N–H and O–H groups in total. The smallest absolute Gasteiger partial charge is 0.142 e.